The Labute approximate surface area is 189 Å². The van der Waals surface area contributed by atoms with Crippen molar-refractivity contribution in [3.63, 3.8) is 0 Å². The Balaban J connectivity index is 1.61. The summed E-state index contributed by atoms with van der Waals surface area (Å²) < 4.78 is 28.1. The van der Waals surface area contributed by atoms with E-state index in [0.717, 1.165) is 38.1 Å². The van der Waals surface area contributed by atoms with Crippen LogP contribution in [0, 0.1) is 11.6 Å². The highest BCUT2D eigenvalue weighted by molar-refractivity contribution is 5.86. The first kappa shape index (κ1) is 22.6. The fourth-order valence-corrected chi connectivity index (χ4v) is 4.08. The van der Waals surface area contributed by atoms with Crippen molar-refractivity contribution in [3.8, 4) is 11.3 Å². The molecule has 2 aromatic carbocycles. The first-order valence-electron chi connectivity index (χ1n) is 10.6. The van der Waals surface area contributed by atoms with E-state index in [1.165, 1.54) is 27.8 Å². The third kappa shape index (κ3) is 5.09. The number of nitrogens with zero attached hydrogens (tertiary/aromatic N) is 4. The van der Waals surface area contributed by atoms with Crippen molar-refractivity contribution >= 4 is 11.8 Å². The average Bonchev–Trinajstić information content (AvgIpc) is 2.79. The summed E-state index contributed by atoms with van der Waals surface area (Å²) in [4.78, 5) is 28.0. The van der Waals surface area contributed by atoms with Gasteiger partial charge in [-0.2, -0.15) is 5.10 Å². The second-order valence-corrected chi connectivity index (χ2v) is 8.20. The molecule has 172 valence electrons. The SMILES string of the molecule is CN1CCC(N(C(=O)O)c2cccc(Cn3nc(-c4ccc(F)c(F)c4)ccc3=O)c2)CC1. The van der Waals surface area contributed by atoms with Crippen molar-refractivity contribution < 1.29 is 18.7 Å². The van der Waals surface area contributed by atoms with E-state index in [0.29, 0.717) is 22.5 Å². The predicted octanol–water partition coefficient (Wildman–Crippen LogP) is 3.82. The smallest absolute Gasteiger partial charge is 0.412 e. The highest BCUT2D eigenvalue weighted by atomic mass is 19.2. The third-order valence-electron chi connectivity index (χ3n) is 5.86. The van der Waals surface area contributed by atoms with Crippen molar-refractivity contribution in [3.05, 3.63) is 82.1 Å². The maximum atomic E-state index is 13.6. The lowest BCUT2D eigenvalue weighted by Gasteiger charge is -2.35. The molecule has 0 radical (unpaired) electrons. The number of aromatic nitrogens is 2. The number of carboxylic acid groups (broad SMARTS) is 1. The molecule has 1 aromatic heterocycles. The number of rotatable bonds is 5. The van der Waals surface area contributed by atoms with Gasteiger partial charge in [-0.3, -0.25) is 9.69 Å². The molecule has 4 rings (SSSR count). The normalized spacial score (nSPS) is 14.9. The van der Waals surface area contributed by atoms with E-state index in [1.54, 1.807) is 24.3 Å². The Bertz CT molecular complexity index is 1220. The van der Waals surface area contributed by atoms with Crippen molar-refractivity contribution in [2.45, 2.75) is 25.4 Å². The van der Waals surface area contributed by atoms with Gasteiger partial charge < -0.3 is 10.0 Å². The molecule has 0 atom stereocenters. The molecule has 0 aliphatic carbocycles. The highest BCUT2D eigenvalue weighted by Crippen LogP contribution is 2.25. The number of likely N-dealkylation sites (tertiary alicyclic amines) is 1. The lowest BCUT2D eigenvalue weighted by Crippen LogP contribution is -2.46. The van der Waals surface area contributed by atoms with E-state index in [1.807, 2.05) is 7.05 Å². The Kier molecular flexibility index (Phi) is 6.50. The van der Waals surface area contributed by atoms with Gasteiger partial charge in [0, 0.05) is 23.4 Å². The minimum Gasteiger partial charge on any atom is -0.465 e. The molecule has 3 aromatic rings. The summed E-state index contributed by atoms with van der Waals surface area (Å²) in [6.07, 6.45) is 0.464. The van der Waals surface area contributed by atoms with Gasteiger partial charge in [-0.05, 0) is 74.9 Å². The van der Waals surface area contributed by atoms with Crippen LogP contribution in [0.3, 0.4) is 0 Å². The number of hydrogen-bond acceptors (Lipinski definition) is 4. The molecule has 1 fully saturated rings. The van der Waals surface area contributed by atoms with Crippen LogP contribution >= 0.6 is 0 Å². The van der Waals surface area contributed by atoms with Crippen LogP contribution in [0.1, 0.15) is 18.4 Å². The first-order chi connectivity index (χ1) is 15.8. The second kappa shape index (κ2) is 9.50. The zero-order valence-corrected chi connectivity index (χ0v) is 18.1. The molecule has 2 heterocycles. The van der Waals surface area contributed by atoms with Crippen LogP contribution in [0.15, 0.2) is 59.4 Å². The fourth-order valence-electron chi connectivity index (χ4n) is 4.08. The van der Waals surface area contributed by atoms with Gasteiger partial charge in [0.15, 0.2) is 11.6 Å². The number of benzene rings is 2. The predicted molar refractivity (Wildman–Crippen MR) is 120 cm³/mol. The van der Waals surface area contributed by atoms with E-state index in [-0.39, 0.29) is 18.1 Å². The van der Waals surface area contributed by atoms with Crippen LogP contribution in [0.5, 0.6) is 0 Å². The standard InChI is InChI=1S/C24H24F2N4O3/c1-28-11-9-18(10-12-28)30(24(32)33)19-4-2-3-16(13-19)15-29-23(31)8-7-22(27-29)17-5-6-20(25)21(26)14-17/h2-8,13-14,18H,9-12,15H2,1H3,(H,32,33). The summed E-state index contributed by atoms with van der Waals surface area (Å²) in [5.74, 6) is -1.96. The number of hydrogen-bond donors (Lipinski definition) is 1. The Morgan fingerprint density at radius 1 is 1.09 bits per heavy atom. The topological polar surface area (TPSA) is 78.7 Å². The van der Waals surface area contributed by atoms with Crippen LogP contribution in [-0.2, 0) is 6.54 Å². The van der Waals surface area contributed by atoms with E-state index in [4.69, 9.17) is 0 Å². The molecule has 0 unspecified atom stereocenters. The second-order valence-electron chi connectivity index (χ2n) is 8.20. The van der Waals surface area contributed by atoms with E-state index in [9.17, 15) is 23.5 Å². The van der Waals surface area contributed by atoms with Gasteiger partial charge >= 0.3 is 6.09 Å². The Morgan fingerprint density at radius 2 is 1.85 bits per heavy atom. The molecule has 0 saturated carbocycles. The number of anilines is 1. The molecule has 0 spiro atoms. The van der Waals surface area contributed by atoms with Gasteiger partial charge in [-0.25, -0.2) is 18.3 Å². The molecule has 1 amide bonds. The lowest BCUT2D eigenvalue weighted by molar-refractivity contribution is 0.190. The number of amides is 1. The van der Waals surface area contributed by atoms with E-state index < -0.39 is 17.7 Å². The van der Waals surface area contributed by atoms with Gasteiger partial charge in [-0.15, -0.1) is 0 Å². The minimum absolute atomic E-state index is 0.102. The summed E-state index contributed by atoms with van der Waals surface area (Å²) in [6, 6.07) is 13.1. The molecule has 1 aliphatic heterocycles. The van der Waals surface area contributed by atoms with E-state index >= 15 is 0 Å². The monoisotopic (exact) mass is 454 g/mol. The molecule has 7 nitrogen and oxygen atoms in total. The summed E-state index contributed by atoms with van der Waals surface area (Å²) >= 11 is 0. The minimum atomic E-state index is -1.02. The summed E-state index contributed by atoms with van der Waals surface area (Å²) in [6.45, 7) is 1.75. The highest BCUT2D eigenvalue weighted by Gasteiger charge is 2.28. The lowest BCUT2D eigenvalue weighted by atomic mass is 10.0. The molecule has 0 bridgehead atoms. The van der Waals surface area contributed by atoms with Gasteiger partial charge in [0.1, 0.15) is 0 Å². The van der Waals surface area contributed by atoms with Crippen molar-refractivity contribution in [2.24, 2.45) is 0 Å². The fraction of sp³-hybridized carbons (Fsp3) is 0.292. The summed E-state index contributed by atoms with van der Waals surface area (Å²) in [5, 5.41) is 14.2. The molecule has 33 heavy (non-hydrogen) atoms. The Morgan fingerprint density at radius 3 is 2.55 bits per heavy atom. The molecule has 9 heteroatoms. The van der Waals surface area contributed by atoms with Gasteiger partial charge in [-0.1, -0.05) is 12.1 Å². The molecular formula is C24H24F2N4O3. The van der Waals surface area contributed by atoms with Crippen LogP contribution in [0.25, 0.3) is 11.3 Å². The largest absolute Gasteiger partial charge is 0.465 e. The number of halogens is 2. The van der Waals surface area contributed by atoms with Crippen LogP contribution in [0.4, 0.5) is 19.3 Å². The summed E-state index contributed by atoms with van der Waals surface area (Å²) in [5.41, 5.74) is 1.54. The zero-order chi connectivity index (χ0) is 23.5. The molecular weight excluding hydrogens is 430 g/mol. The van der Waals surface area contributed by atoms with Crippen LogP contribution < -0.4 is 10.5 Å². The van der Waals surface area contributed by atoms with Crippen molar-refractivity contribution in [1.82, 2.24) is 14.7 Å². The zero-order valence-electron chi connectivity index (χ0n) is 18.1. The quantitative estimate of drug-likeness (QED) is 0.634. The third-order valence-corrected chi connectivity index (χ3v) is 5.86. The van der Waals surface area contributed by atoms with Gasteiger partial charge in [0.2, 0.25) is 0 Å². The van der Waals surface area contributed by atoms with E-state index in [2.05, 4.69) is 10.00 Å². The van der Waals surface area contributed by atoms with Crippen molar-refractivity contribution in [2.75, 3.05) is 25.0 Å². The van der Waals surface area contributed by atoms with Gasteiger partial charge in [0.05, 0.1) is 12.2 Å². The molecule has 1 saturated heterocycles. The maximum Gasteiger partial charge on any atom is 0.412 e. The maximum absolute atomic E-state index is 13.6. The number of carbonyl (C=O) groups is 1. The average molecular weight is 454 g/mol. The van der Waals surface area contributed by atoms with Gasteiger partial charge in [0.25, 0.3) is 5.56 Å². The number of piperidine rings is 1. The molecule has 1 aliphatic rings. The van der Waals surface area contributed by atoms with Crippen LogP contribution in [0.2, 0.25) is 0 Å². The van der Waals surface area contributed by atoms with Crippen LogP contribution in [-0.4, -0.2) is 52.1 Å². The Hall–Kier alpha value is -3.59. The summed E-state index contributed by atoms with van der Waals surface area (Å²) in [7, 11) is 2.02. The molecule has 1 N–H and O–H groups in total. The first-order valence-corrected chi connectivity index (χ1v) is 10.6. The van der Waals surface area contributed by atoms with Crippen molar-refractivity contribution in [1.29, 1.82) is 0 Å².